The minimum Gasteiger partial charge on any atom is -0.406 e. The number of benzene rings is 2. The van der Waals surface area contributed by atoms with E-state index in [0.29, 0.717) is 10.8 Å². The van der Waals surface area contributed by atoms with Crippen LogP contribution in [0.1, 0.15) is 0 Å². The zero-order chi connectivity index (χ0) is 16.2. The van der Waals surface area contributed by atoms with Gasteiger partial charge < -0.3 is 15.4 Å². The average molecular weight is 391 g/mol. The average Bonchev–Trinajstić information content (AvgIpc) is 2.42. The Bertz CT molecular complexity index is 662. The SMILES string of the molecule is FC(F)(F)Oc1ccc(NC(=S)Nc2ccccc2Br)cc1. The maximum Gasteiger partial charge on any atom is 0.573 e. The summed E-state index contributed by atoms with van der Waals surface area (Å²) in [5.74, 6) is -0.289. The van der Waals surface area contributed by atoms with Crippen molar-refractivity contribution in [2.45, 2.75) is 6.36 Å². The van der Waals surface area contributed by atoms with Crippen molar-refractivity contribution >= 4 is 44.6 Å². The molecule has 0 unspecified atom stereocenters. The van der Waals surface area contributed by atoms with Crippen molar-refractivity contribution in [2.24, 2.45) is 0 Å². The molecule has 0 fully saturated rings. The van der Waals surface area contributed by atoms with Crippen LogP contribution in [-0.2, 0) is 0 Å². The van der Waals surface area contributed by atoms with Gasteiger partial charge in [-0.05, 0) is 64.5 Å². The summed E-state index contributed by atoms with van der Waals surface area (Å²) < 4.78 is 40.8. The Hall–Kier alpha value is -1.80. The summed E-state index contributed by atoms with van der Waals surface area (Å²) in [5, 5.41) is 6.16. The fourth-order valence-electron chi connectivity index (χ4n) is 1.59. The molecule has 0 atom stereocenters. The van der Waals surface area contributed by atoms with Crippen LogP contribution >= 0.6 is 28.1 Å². The molecule has 0 heterocycles. The molecule has 0 amide bonds. The predicted molar refractivity (Wildman–Crippen MR) is 87.1 cm³/mol. The van der Waals surface area contributed by atoms with E-state index in [9.17, 15) is 13.2 Å². The molecule has 0 aliphatic heterocycles. The first kappa shape index (κ1) is 16.6. The second-order valence-electron chi connectivity index (χ2n) is 4.13. The number of hydrogen-bond donors (Lipinski definition) is 2. The summed E-state index contributed by atoms with van der Waals surface area (Å²) >= 11 is 8.52. The Morgan fingerprint density at radius 1 is 1.00 bits per heavy atom. The van der Waals surface area contributed by atoms with Crippen LogP contribution in [0.3, 0.4) is 0 Å². The maximum absolute atomic E-state index is 12.1. The molecular weight excluding hydrogens is 381 g/mol. The Labute approximate surface area is 138 Å². The molecule has 0 saturated carbocycles. The van der Waals surface area contributed by atoms with Crippen molar-refractivity contribution in [1.29, 1.82) is 0 Å². The van der Waals surface area contributed by atoms with Crippen LogP contribution in [0.2, 0.25) is 0 Å². The Morgan fingerprint density at radius 2 is 1.64 bits per heavy atom. The van der Waals surface area contributed by atoms with Gasteiger partial charge in [0.15, 0.2) is 5.11 Å². The van der Waals surface area contributed by atoms with Crippen LogP contribution in [-0.4, -0.2) is 11.5 Å². The lowest BCUT2D eigenvalue weighted by Crippen LogP contribution is -2.19. The molecule has 2 aromatic rings. The zero-order valence-electron chi connectivity index (χ0n) is 10.9. The Kier molecular flexibility index (Phi) is 5.25. The zero-order valence-corrected chi connectivity index (χ0v) is 13.3. The van der Waals surface area contributed by atoms with Gasteiger partial charge in [-0.15, -0.1) is 13.2 Å². The lowest BCUT2D eigenvalue weighted by molar-refractivity contribution is -0.274. The first-order chi connectivity index (χ1) is 10.3. The van der Waals surface area contributed by atoms with E-state index >= 15 is 0 Å². The molecule has 0 spiro atoms. The first-order valence-electron chi connectivity index (χ1n) is 6.02. The van der Waals surface area contributed by atoms with Gasteiger partial charge >= 0.3 is 6.36 Å². The lowest BCUT2D eigenvalue weighted by atomic mass is 10.3. The highest BCUT2D eigenvalue weighted by Crippen LogP contribution is 2.24. The van der Waals surface area contributed by atoms with E-state index in [1.807, 2.05) is 24.3 Å². The maximum atomic E-state index is 12.1. The number of halogens is 4. The lowest BCUT2D eigenvalue weighted by Gasteiger charge is -2.13. The van der Waals surface area contributed by atoms with Crippen molar-refractivity contribution in [3.63, 3.8) is 0 Å². The smallest absolute Gasteiger partial charge is 0.406 e. The molecule has 0 saturated heterocycles. The van der Waals surface area contributed by atoms with Crippen LogP contribution in [0, 0.1) is 0 Å². The second kappa shape index (κ2) is 6.97. The van der Waals surface area contributed by atoms with Gasteiger partial charge in [-0.2, -0.15) is 0 Å². The molecule has 0 aliphatic rings. The molecule has 0 aliphatic carbocycles. The molecular formula is C14H10BrF3N2OS. The molecule has 22 heavy (non-hydrogen) atoms. The fourth-order valence-corrected chi connectivity index (χ4v) is 2.20. The van der Waals surface area contributed by atoms with Gasteiger partial charge in [0.2, 0.25) is 0 Å². The highest BCUT2D eigenvalue weighted by molar-refractivity contribution is 9.10. The van der Waals surface area contributed by atoms with Gasteiger partial charge in [0.05, 0.1) is 5.69 Å². The number of thiocarbonyl (C=S) groups is 1. The van der Waals surface area contributed by atoms with E-state index in [1.165, 1.54) is 24.3 Å². The number of nitrogens with one attached hydrogen (secondary N) is 2. The van der Waals surface area contributed by atoms with Gasteiger partial charge in [0.1, 0.15) is 5.75 Å². The van der Waals surface area contributed by atoms with Crippen molar-refractivity contribution in [2.75, 3.05) is 10.6 Å². The number of anilines is 2. The number of alkyl halides is 3. The highest BCUT2D eigenvalue weighted by Gasteiger charge is 2.30. The molecule has 8 heteroatoms. The van der Waals surface area contributed by atoms with E-state index in [-0.39, 0.29) is 5.75 Å². The highest BCUT2D eigenvalue weighted by atomic mass is 79.9. The molecule has 0 bridgehead atoms. The van der Waals surface area contributed by atoms with E-state index < -0.39 is 6.36 Å². The van der Waals surface area contributed by atoms with Gasteiger partial charge in [-0.25, -0.2) is 0 Å². The predicted octanol–water partition coefficient (Wildman–Crippen LogP) is 5.16. The van der Waals surface area contributed by atoms with Crippen molar-refractivity contribution in [1.82, 2.24) is 0 Å². The van der Waals surface area contributed by atoms with Crippen LogP contribution in [0.25, 0.3) is 0 Å². The molecule has 3 nitrogen and oxygen atoms in total. The largest absolute Gasteiger partial charge is 0.573 e. The number of hydrogen-bond acceptors (Lipinski definition) is 2. The van der Waals surface area contributed by atoms with Crippen molar-refractivity contribution in [3.8, 4) is 5.75 Å². The third-order valence-electron chi connectivity index (χ3n) is 2.47. The Balaban J connectivity index is 1.96. The molecule has 0 radical (unpaired) electrons. The van der Waals surface area contributed by atoms with Gasteiger partial charge in [-0.1, -0.05) is 12.1 Å². The van der Waals surface area contributed by atoms with Crippen LogP contribution in [0.4, 0.5) is 24.5 Å². The van der Waals surface area contributed by atoms with Crippen LogP contribution in [0.5, 0.6) is 5.75 Å². The van der Waals surface area contributed by atoms with Gasteiger partial charge in [0.25, 0.3) is 0 Å². The monoisotopic (exact) mass is 390 g/mol. The topological polar surface area (TPSA) is 33.3 Å². The molecule has 2 aromatic carbocycles. The van der Waals surface area contributed by atoms with Crippen LogP contribution in [0.15, 0.2) is 53.0 Å². The quantitative estimate of drug-likeness (QED) is 0.709. The number of ether oxygens (including phenoxy) is 1. The van der Waals surface area contributed by atoms with E-state index in [1.54, 1.807) is 0 Å². The summed E-state index contributed by atoms with van der Waals surface area (Å²) in [4.78, 5) is 0. The number of para-hydroxylation sites is 1. The van der Waals surface area contributed by atoms with Crippen molar-refractivity contribution < 1.29 is 17.9 Å². The first-order valence-corrected chi connectivity index (χ1v) is 7.22. The number of rotatable bonds is 3. The Morgan fingerprint density at radius 3 is 2.23 bits per heavy atom. The van der Waals surface area contributed by atoms with E-state index in [0.717, 1.165) is 10.2 Å². The third-order valence-corrected chi connectivity index (χ3v) is 3.36. The standard InChI is InChI=1S/C14H10BrF3N2OS/c15-11-3-1-2-4-12(11)20-13(22)19-9-5-7-10(8-6-9)21-14(16,17)18/h1-8H,(H2,19,20,22). The molecule has 2 N–H and O–H groups in total. The normalized spacial score (nSPS) is 10.9. The van der Waals surface area contributed by atoms with E-state index in [4.69, 9.17) is 12.2 Å². The summed E-state index contributed by atoms with van der Waals surface area (Å²) in [5.41, 5.74) is 1.32. The minimum absolute atomic E-state index is 0.289. The van der Waals surface area contributed by atoms with Gasteiger partial charge in [-0.3, -0.25) is 0 Å². The fraction of sp³-hybridized carbons (Fsp3) is 0.0714. The van der Waals surface area contributed by atoms with Crippen molar-refractivity contribution in [3.05, 3.63) is 53.0 Å². The summed E-state index contributed by atoms with van der Waals surface area (Å²) in [6.45, 7) is 0. The van der Waals surface area contributed by atoms with E-state index in [2.05, 4.69) is 31.3 Å². The second-order valence-corrected chi connectivity index (χ2v) is 5.39. The van der Waals surface area contributed by atoms with Crippen LogP contribution < -0.4 is 15.4 Å². The summed E-state index contributed by atoms with van der Waals surface area (Å²) in [7, 11) is 0. The summed E-state index contributed by atoms with van der Waals surface area (Å²) in [6.07, 6.45) is -4.70. The van der Waals surface area contributed by atoms with Gasteiger partial charge in [0, 0.05) is 10.2 Å². The molecule has 0 aromatic heterocycles. The molecule has 116 valence electrons. The molecule has 2 rings (SSSR count). The summed E-state index contributed by atoms with van der Waals surface area (Å²) in [6, 6.07) is 12.7. The third kappa shape index (κ3) is 5.19. The minimum atomic E-state index is -4.70.